The van der Waals surface area contributed by atoms with E-state index in [4.69, 9.17) is 24.5 Å². The molecule has 31 heavy (non-hydrogen) atoms. The first-order chi connectivity index (χ1) is 15.1. The van der Waals surface area contributed by atoms with Crippen LogP contribution in [0.25, 0.3) is 10.4 Å². The number of ether oxygens (including phenoxy) is 4. The Kier molecular flexibility index (Phi) is 7.97. The average Bonchev–Trinajstić information content (AvgIpc) is 2.81. The van der Waals surface area contributed by atoms with Crippen molar-refractivity contribution in [2.45, 2.75) is 24.6 Å². The van der Waals surface area contributed by atoms with E-state index in [9.17, 15) is 14.7 Å². The summed E-state index contributed by atoms with van der Waals surface area (Å²) < 4.78 is 22.0. The zero-order valence-corrected chi connectivity index (χ0v) is 16.4. The van der Waals surface area contributed by atoms with Crippen LogP contribution < -0.4 is 0 Å². The molecule has 2 aromatic rings. The Bertz CT molecular complexity index is 919. The average molecular weight is 427 g/mol. The molecule has 4 atom stereocenters. The van der Waals surface area contributed by atoms with Gasteiger partial charge in [-0.15, -0.1) is 0 Å². The summed E-state index contributed by atoms with van der Waals surface area (Å²) in [5, 5.41) is 13.8. The van der Waals surface area contributed by atoms with E-state index < -0.39 is 36.5 Å². The third-order valence-electron chi connectivity index (χ3n) is 4.44. The van der Waals surface area contributed by atoms with Crippen LogP contribution >= 0.6 is 0 Å². The minimum Gasteiger partial charge on any atom is -0.452 e. The topological polar surface area (TPSA) is 140 Å². The largest absolute Gasteiger partial charge is 0.452 e. The molecule has 2 aromatic carbocycles. The molecule has 1 saturated heterocycles. The second kappa shape index (κ2) is 11.1. The highest BCUT2D eigenvalue weighted by Gasteiger charge is 2.46. The molecule has 2 unspecified atom stereocenters. The van der Waals surface area contributed by atoms with Crippen LogP contribution in [0.4, 0.5) is 0 Å². The molecule has 1 aliphatic rings. The Morgan fingerprint density at radius 3 is 2.10 bits per heavy atom. The third kappa shape index (κ3) is 6.03. The molecule has 1 N–H and O–H groups in total. The second-order valence-corrected chi connectivity index (χ2v) is 6.57. The molecular weight excluding hydrogens is 406 g/mol. The number of hydrogen-bond donors (Lipinski definition) is 1. The van der Waals surface area contributed by atoms with Gasteiger partial charge in [-0.2, -0.15) is 0 Å². The maximum atomic E-state index is 12.6. The molecule has 1 fully saturated rings. The van der Waals surface area contributed by atoms with Gasteiger partial charge in [0.2, 0.25) is 0 Å². The van der Waals surface area contributed by atoms with Crippen LogP contribution in [-0.4, -0.2) is 61.4 Å². The monoisotopic (exact) mass is 427 g/mol. The Labute approximate surface area is 177 Å². The number of nitrogens with zero attached hydrogens (tertiary/aromatic N) is 3. The van der Waals surface area contributed by atoms with Crippen molar-refractivity contribution in [3.8, 4) is 0 Å². The number of rotatable bonds is 8. The van der Waals surface area contributed by atoms with Crippen LogP contribution in [0.15, 0.2) is 65.8 Å². The van der Waals surface area contributed by atoms with E-state index in [1.807, 2.05) is 0 Å². The quantitative estimate of drug-likeness (QED) is 0.224. The van der Waals surface area contributed by atoms with Gasteiger partial charge in [-0.1, -0.05) is 41.5 Å². The SMILES string of the molecule is [N-]=[N+]=NCCO[C@@H]1OC[C@@H](O)C(OC(=O)c2ccccc2)C1OC(=O)c1ccccc1. The van der Waals surface area contributed by atoms with Crippen molar-refractivity contribution in [2.24, 2.45) is 5.11 Å². The van der Waals surface area contributed by atoms with E-state index in [1.165, 1.54) is 0 Å². The zero-order valence-electron chi connectivity index (χ0n) is 16.4. The van der Waals surface area contributed by atoms with Crippen molar-refractivity contribution in [2.75, 3.05) is 19.8 Å². The molecule has 0 amide bonds. The molecule has 3 rings (SSSR count). The number of carbonyl (C=O) groups is 2. The summed E-state index contributed by atoms with van der Waals surface area (Å²) in [6, 6.07) is 16.4. The fraction of sp³-hybridized carbons (Fsp3) is 0.333. The van der Waals surface area contributed by atoms with Crippen LogP contribution in [0.2, 0.25) is 0 Å². The van der Waals surface area contributed by atoms with Gasteiger partial charge in [0.1, 0.15) is 6.10 Å². The van der Waals surface area contributed by atoms with Crippen molar-refractivity contribution >= 4 is 11.9 Å². The summed E-state index contributed by atoms with van der Waals surface area (Å²) >= 11 is 0. The molecule has 0 aliphatic carbocycles. The highest BCUT2D eigenvalue weighted by atomic mass is 16.7. The molecule has 10 nitrogen and oxygen atoms in total. The van der Waals surface area contributed by atoms with Gasteiger partial charge in [-0.25, -0.2) is 9.59 Å². The van der Waals surface area contributed by atoms with Gasteiger partial charge in [0, 0.05) is 11.5 Å². The van der Waals surface area contributed by atoms with E-state index in [2.05, 4.69) is 10.0 Å². The maximum Gasteiger partial charge on any atom is 0.338 e. The Morgan fingerprint density at radius 1 is 1.00 bits per heavy atom. The molecule has 162 valence electrons. The van der Waals surface area contributed by atoms with Gasteiger partial charge in [-0.3, -0.25) is 0 Å². The minimum atomic E-state index is -1.25. The van der Waals surface area contributed by atoms with Gasteiger partial charge in [-0.05, 0) is 29.8 Å². The van der Waals surface area contributed by atoms with E-state index in [1.54, 1.807) is 60.7 Å². The Hall–Kier alpha value is -3.43. The van der Waals surface area contributed by atoms with Crippen LogP contribution in [0.1, 0.15) is 20.7 Å². The van der Waals surface area contributed by atoms with Crippen LogP contribution in [0.3, 0.4) is 0 Å². The highest BCUT2D eigenvalue weighted by Crippen LogP contribution is 2.25. The first kappa shape index (κ1) is 22.3. The lowest BCUT2D eigenvalue weighted by molar-refractivity contribution is -0.267. The van der Waals surface area contributed by atoms with Crippen molar-refractivity contribution in [3.05, 3.63) is 82.2 Å². The molecule has 0 aromatic heterocycles. The lowest BCUT2D eigenvalue weighted by Gasteiger charge is -2.39. The first-order valence-corrected chi connectivity index (χ1v) is 9.54. The number of esters is 2. The molecule has 0 saturated carbocycles. The van der Waals surface area contributed by atoms with Gasteiger partial charge in [0.25, 0.3) is 0 Å². The molecule has 10 heteroatoms. The zero-order chi connectivity index (χ0) is 22.1. The van der Waals surface area contributed by atoms with E-state index >= 15 is 0 Å². The Morgan fingerprint density at radius 2 is 1.55 bits per heavy atom. The number of aliphatic hydroxyl groups is 1. The van der Waals surface area contributed by atoms with E-state index in [-0.39, 0.29) is 30.9 Å². The lowest BCUT2D eigenvalue weighted by Crippen LogP contribution is -2.57. The van der Waals surface area contributed by atoms with Gasteiger partial charge in [0.15, 0.2) is 18.5 Å². The molecule has 0 radical (unpaired) electrons. The summed E-state index contributed by atoms with van der Waals surface area (Å²) in [4.78, 5) is 27.8. The van der Waals surface area contributed by atoms with Gasteiger partial charge in [0.05, 0.1) is 24.3 Å². The second-order valence-electron chi connectivity index (χ2n) is 6.57. The fourth-order valence-corrected chi connectivity index (χ4v) is 2.95. The molecule has 0 spiro atoms. The first-order valence-electron chi connectivity index (χ1n) is 9.54. The van der Waals surface area contributed by atoms with Gasteiger partial charge < -0.3 is 24.1 Å². The Balaban J connectivity index is 1.80. The smallest absolute Gasteiger partial charge is 0.338 e. The molecular formula is C21H21N3O7. The highest BCUT2D eigenvalue weighted by molar-refractivity contribution is 5.90. The summed E-state index contributed by atoms with van der Waals surface area (Å²) in [5.74, 6) is -1.40. The predicted molar refractivity (Wildman–Crippen MR) is 107 cm³/mol. The standard InChI is InChI=1S/C21H21N3O7/c22-24-23-11-12-28-21-18(31-20(27)15-9-5-2-6-10-15)17(16(25)13-29-21)30-19(26)14-7-3-1-4-8-14/h1-10,16-18,21,25H,11-13H2/t16-,17?,18?,21-/m1/s1. The summed E-state index contributed by atoms with van der Waals surface area (Å²) in [5.41, 5.74) is 8.94. The normalized spacial score (nSPS) is 22.7. The number of hydrogen-bond acceptors (Lipinski definition) is 8. The summed E-state index contributed by atoms with van der Waals surface area (Å²) in [6.07, 6.45) is -4.88. The number of aliphatic hydroxyl groups excluding tert-OH is 1. The van der Waals surface area contributed by atoms with Crippen molar-refractivity contribution < 1.29 is 33.6 Å². The third-order valence-corrected chi connectivity index (χ3v) is 4.44. The number of azide groups is 1. The summed E-state index contributed by atoms with van der Waals surface area (Å²) in [6.45, 7) is -0.214. The van der Waals surface area contributed by atoms with Crippen molar-refractivity contribution in [3.63, 3.8) is 0 Å². The van der Waals surface area contributed by atoms with Gasteiger partial charge >= 0.3 is 11.9 Å². The van der Waals surface area contributed by atoms with Crippen LogP contribution in [0.5, 0.6) is 0 Å². The fourth-order valence-electron chi connectivity index (χ4n) is 2.95. The van der Waals surface area contributed by atoms with Crippen molar-refractivity contribution in [1.29, 1.82) is 0 Å². The van der Waals surface area contributed by atoms with Crippen LogP contribution in [-0.2, 0) is 18.9 Å². The molecule has 1 aliphatic heterocycles. The van der Waals surface area contributed by atoms with E-state index in [0.29, 0.717) is 0 Å². The lowest BCUT2D eigenvalue weighted by atomic mass is 10.0. The number of carbonyl (C=O) groups excluding carboxylic acids is 2. The van der Waals surface area contributed by atoms with E-state index in [0.717, 1.165) is 0 Å². The molecule has 0 bridgehead atoms. The van der Waals surface area contributed by atoms with Crippen molar-refractivity contribution in [1.82, 2.24) is 0 Å². The molecule has 1 heterocycles. The number of benzene rings is 2. The summed E-state index contributed by atoms with van der Waals surface area (Å²) in [7, 11) is 0. The maximum absolute atomic E-state index is 12.6. The minimum absolute atomic E-state index is 0.0206. The predicted octanol–water partition coefficient (Wildman–Crippen LogP) is 2.48. The van der Waals surface area contributed by atoms with Crippen LogP contribution in [0, 0.1) is 0 Å².